The van der Waals surface area contributed by atoms with Gasteiger partial charge >= 0.3 is 5.97 Å². The van der Waals surface area contributed by atoms with Gasteiger partial charge in [-0.15, -0.1) is 11.8 Å². The quantitative estimate of drug-likeness (QED) is 0.776. The Morgan fingerprint density at radius 3 is 3.08 bits per heavy atom. The third kappa shape index (κ3) is 3.50. The molecule has 1 heterocycles. The number of carboxylic acid groups (broad SMARTS) is 1. The molecule has 0 fully saturated rings. The number of carboxylic acids is 1. The minimum Gasteiger partial charge on any atom is -0.481 e. The first-order valence-electron chi connectivity index (χ1n) is 4.04. The van der Waals surface area contributed by atoms with Gasteiger partial charge in [0.05, 0.1) is 11.4 Å². The molecule has 0 unspecified atom stereocenters. The van der Waals surface area contributed by atoms with Crippen molar-refractivity contribution in [2.75, 3.05) is 5.75 Å². The fourth-order valence-corrected chi connectivity index (χ4v) is 1.54. The van der Waals surface area contributed by atoms with E-state index in [9.17, 15) is 4.79 Å². The molecule has 1 N–H and O–H groups in total. The third-order valence-electron chi connectivity index (χ3n) is 1.50. The first kappa shape index (κ1) is 10.1. The van der Waals surface area contributed by atoms with Gasteiger partial charge in [0.1, 0.15) is 0 Å². The lowest BCUT2D eigenvalue weighted by molar-refractivity contribution is -0.133. The van der Waals surface area contributed by atoms with Gasteiger partial charge < -0.3 is 5.11 Å². The molecule has 4 nitrogen and oxygen atoms in total. The summed E-state index contributed by atoms with van der Waals surface area (Å²) in [7, 11) is 0. The van der Waals surface area contributed by atoms with Crippen LogP contribution < -0.4 is 0 Å². The minimum atomic E-state index is -0.778. The van der Waals surface area contributed by atoms with E-state index in [1.54, 1.807) is 0 Å². The first-order valence-corrected chi connectivity index (χ1v) is 5.19. The number of hydrogen-bond donors (Lipinski definition) is 1. The molecule has 0 aliphatic carbocycles. The van der Waals surface area contributed by atoms with E-state index >= 15 is 0 Å². The summed E-state index contributed by atoms with van der Waals surface area (Å²) in [6, 6.07) is 1.92. The van der Waals surface area contributed by atoms with Crippen molar-refractivity contribution >= 4 is 17.7 Å². The fraction of sp³-hybridized carbons (Fsp3) is 0.500. The van der Waals surface area contributed by atoms with E-state index in [2.05, 4.69) is 5.10 Å². The molecule has 0 bridgehead atoms. The molecule has 72 valence electrons. The van der Waals surface area contributed by atoms with Crippen LogP contribution in [0, 0.1) is 0 Å². The van der Waals surface area contributed by atoms with E-state index in [1.165, 1.54) is 11.8 Å². The molecule has 0 aromatic carbocycles. The second-order valence-electron chi connectivity index (χ2n) is 2.55. The Morgan fingerprint density at radius 1 is 1.77 bits per heavy atom. The molecule has 1 aromatic rings. The van der Waals surface area contributed by atoms with Crippen LogP contribution in [0.3, 0.4) is 0 Å². The number of rotatable bonds is 5. The molecule has 1 rings (SSSR count). The molecule has 1 aromatic heterocycles. The maximum Gasteiger partial charge on any atom is 0.313 e. The number of thioether (sulfide) groups is 1. The lowest BCUT2D eigenvalue weighted by atomic mass is 10.5. The summed E-state index contributed by atoms with van der Waals surface area (Å²) in [5, 5.41) is 12.6. The van der Waals surface area contributed by atoms with Gasteiger partial charge in [0, 0.05) is 18.5 Å². The first-order chi connectivity index (χ1) is 6.22. The van der Waals surface area contributed by atoms with Gasteiger partial charge in [0.25, 0.3) is 0 Å². The number of aromatic nitrogens is 2. The van der Waals surface area contributed by atoms with Crippen molar-refractivity contribution < 1.29 is 9.90 Å². The van der Waals surface area contributed by atoms with Crippen LogP contribution in [0.2, 0.25) is 0 Å². The summed E-state index contributed by atoms with van der Waals surface area (Å²) < 4.78 is 1.83. The Balaban J connectivity index is 2.32. The van der Waals surface area contributed by atoms with E-state index in [1.807, 2.05) is 23.9 Å². The highest BCUT2D eigenvalue weighted by Crippen LogP contribution is 2.09. The van der Waals surface area contributed by atoms with Gasteiger partial charge in [-0.25, -0.2) is 0 Å². The molecule has 5 heteroatoms. The van der Waals surface area contributed by atoms with Crippen LogP contribution >= 0.6 is 11.8 Å². The van der Waals surface area contributed by atoms with Gasteiger partial charge in [0.2, 0.25) is 0 Å². The Labute approximate surface area is 80.9 Å². The van der Waals surface area contributed by atoms with Gasteiger partial charge in [0.15, 0.2) is 0 Å². The van der Waals surface area contributed by atoms with Gasteiger partial charge in [-0.2, -0.15) is 5.10 Å². The molecule has 0 aliphatic heterocycles. The normalized spacial score (nSPS) is 10.2. The number of aliphatic carboxylic acids is 1. The van der Waals surface area contributed by atoms with Crippen LogP contribution in [-0.4, -0.2) is 26.6 Å². The van der Waals surface area contributed by atoms with E-state index in [0.717, 1.165) is 12.2 Å². The van der Waals surface area contributed by atoms with E-state index in [0.29, 0.717) is 5.75 Å². The summed E-state index contributed by atoms with van der Waals surface area (Å²) in [4.78, 5) is 10.2. The Bertz CT molecular complexity index is 285. The standard InChI is InChI=1S/C8H12N2O2S/c1-2-10-4-3-7(9-10)5-13-6-8(11)12/h3-4H,2,5-6H2,1H3,(H,11,12). The molecular weight excluding hydrogens is 188 g/mol. The zero-order valence-corrected chi connectivity index (χ0v) is 8.25. The molecule has 0 saturated heterocycles. The van der Waals surface area contributed by atoms with E-state index in [4.69, 9.17) is 5.11 Å². The van der Waals surface area contributed by atoms with Crippen molar-refractivity contribution in [3.63, 3.8) is 0 Å². The van der Waals surface area contributed by atoms with Crippen LogP contribution in [0.5, 0.6) is 0 Å². The molecule has 0 spiro atoms. The van der Waals surface area contributed by atoms with Gasteiger partial charge in [-0.05, 0) is 13.0 Å². The molecule has 0 amide bonds. The second kappa shape index (κ2) is 4.91. The van der Waals surface area contributed by atoms with Crippen molar-refractivity contribution in [3.8, 4) is 0 Å². The molecular formula is C8H12N2O2S. The summed E-state index contributed by atoms with van der Waals surface area (Å²) in [6.07, 6.45) is 1.90. The fourth-order valence-electron chi connectivity index (χ4n) is 0.900. The average Bonchev–Trinajstić information content (AvgIpc) is 2.52. The maximum atomic E-state index is 10.2. The van der Waals surface area contributed by atoms with Crippen molar-refractivity contribution in [3.05, 3.63) is 18.0 Å². The van der Waals surface area contributed by atoms with E-state index < -0.39 is 5.97 Å². The summed E-state index contributed by atoms with van der Waals surface area (Å²) in [5.41, 5.74) is 0.938. The smallest absolute Gasteiger partial charge is 0.313 e. The number of aryl methyl sites for hydroxylation is 1. The molecule has 0 radical (unpaired) electrons. The molecule has 0 saturated carbocycles. The van der Waals surface area contributed by atoms with Gasteiger partial charge in [-0.1, -0.05) is 0 Å². The predicted molar refractivity (Wildman–Crippen MR) is 51.7 cm³/mol. The predicted octanol–water partition coefficient (Wildman–Crippen LogP) is 1.22. The maximum absolute atomic E-state index is 10.2. The van der Waals surface area contributed by atoms with Crippen molar-refractivity contribution in [1.82, 2.24) is 9.78 Å². The second-order valence-corrected chi connectivity index (χ2v) is 3.53. The largest absolute Gasteiger partial charge is 0.481 e. The summed E-state index contributed by atoms with van der Waals surface area (Å²) in [6.45, 7) is 2.87. The topological polar surface area (TPSA) is 55.1 Å². The summed E-state index contributed by atoms with van der Waals surface area (Å²) >= 11 is 1.36. The van der Waals surface area contributed by atoms with Crippen LogP contribution in [0.25, 0.3) is 0 Å². The third-order valence-corrected chi connectivity index (χ3v) is 2.45. The number of carbonyl (C=O) groups is 1. The van der Waals surface area contributed by atoms with Crippen LogP contribution in [-0.2, 0) is 17.1 Å². The average molecular weight is 200 g/mol. The molecule has 0 aliphatic rings. The number of nitrogens with zero attached hydrogens (tertiary/aromatic N) is 2. The van der Waals surface area contributed by atoms with Crippen molar-refractivity contribution in [2.45, 2.75) is 19.2 Å². The van der Waals surface area contributed by atoms with Crippen LogP contribution in [0.15, 0.2) is 12.3 Å². The highest BCUT2D eigenvalue weighted by molar-refractivity contribution is 7.99. The monoisotopic (exact) mass is 200 g/mol. The Morgan fingerprint density at radius 2 is 2.54 bits per heavy atom. The number of hydrogen-bond acceptors (Lipinski definition) is 3. The van der Waals surface area contributed by atoms with Crippen LogP contribution in [0.4, 0.5) is 0 Å². The minimum absolute atomic E-state index is 0.138. The zero-order valence-electron chi connectivity index (χ0n) is 7.43. The Hall–Kier alpha value is -0.970. The van der Waals surface area contributed by atoms with Crippen LogP contribution in [0.1, 0.15) is 12.6 Å². The lowest BCUT2D eigenvalue weighted by Gasteiger charge is -1.94. The molecule has 13 heavy (non-hydrogen) atoms. The highest BCUT2D eigenvalue weighted by Gasteiger charge is 2.00. The highest BCUT2D eigenvalue weighted by atomic mass is 32.2. The van der Waals surface area contributed by atoms with Crippen molar-refractivity contribution in [2.24, 2.45) is 0 Å². The van der Waals surface area contributed by atoms with Gasteiger partial charge in [-0.3, -0.25) is 9.48 Å². The van der Waals surface area contributed by atoms with Crippen molar-refractivity contribution in [1.29, 1.82) is 0 Å². The summed E-state index contributed by atoms with van der Waals surface area (Å²) in [5.74, 6) is 0.0260. The lowest BCUT2D eigenvalue weighted by Crippen LogP contribution is -1.99. The molecule has 0 atom stereocenters. The zero-order chi connectivity index (χ0) is 9.68. The van der Waals surface area contributed by atoms with E-state index in [-0.39, 0.29) is 5.75 Å². The Kier molecular flexibility index (Phi) is 3.82. The SMILES string of the molecule is CCn1ccc(CSCC(=O)O)n1.